The zero-order valence-corrected chi connectivity index (χ0v) is 15.1. The summed E-state index contributed by atoms with van der Waals surface area (Å²) in [5, 5.41) is 0. The maximum Gasteiger partial charge on any atom is 0.415 e. The van der Waals surface area contributed by atoms with Gasteiger partial charge in [-0.25, -0.2) is 4.79 Å². The third-order valence-electron chi connectivity index (χ3n) is 4.14. The molecule has 0 atom stereocenters. The van der Waals surface area contributed by atoms with E-state index in [4.69, 9.17) is 14.2 Å². The second kappa shape index (κ2) is 9.00. The zero-order chi connectivity index (χ0) is 19.1. The third kappa shape index (κ3) is 4.95. The summed E-state index contributed by atoms with van der Waals surface area (Å²) in [6.45, 7) is 2.02. The molecule has 0 spiro atoms. The summed E-state index contributed by atoms with van der Waals surface area (Å²) in [5.74, 6) is 0.670. The first-order valence-electron chi connectivity index (χ1n) is 8.67. The van der Waals surface area contributed by atoms with E-state index < -0.39 is 6.09 Å². The topological polar surface area (TPSA) is 65.1 Å². The molecule has 1 saturated heterocycles. The van der Waals surface area contributed by atoms with Crippen molar-refractivity contribution in [3.05, 3.63) is 65.7 Å². The number of hydrogen-bond donors (Lipinski definition) is 0. The van der Waals surface area contributed by atoms with Crippen LogP contribution >= 0.6 is 0 Å². The molecular weight excluding hydrogens is 346 g/mol. The maximum absolute atomic E-state index is 12.2. The van der Waals surface area contributed by atoms with Gasteiger partial charge in [-0.3, -0.25) is 4.79 Å². The van der Waals surface area contributed by atoms with E-state index in [2.05, 4.69) is 0 Å². The van der Waals surface area contributed by atoms with Gasteiger partial charge in [0.05, 0.1) is 20.3 Å². The Bertz CT molecular complexity index is 826. The number of allylic oxidation sites excluding steroid dienone is 1. The summed E-state index contributed by atoms with van der Waals surface area (Å²) in [6, 6.07) is 14.2. The van der Waals surface area contributed by atoms with Crippen molar-refractivity contribution in [1.82, 2.24) is 4.90 Å². The van der Waals surface area contributed by atoms with Crippen LogP contribution in [0.15, 0.2) is 54.6 Å². The number of carbonyl (C=O) groups excluding carboxylic acids is 2. The molecule has 0 aliphatic carbocycles. The van der Waals surface area contributed by atoms with Crippen LogP contribution in [-0.4, -0.2) is 50.2 Å². The molecular formula is C21H21NO5. The first-order chi connectivity index (χ1) is 13.2. The molecule has 2 aromatic rings. The first kappa shape index (κ1) is 18.7. The van der Waals surface area contributed by atoms with Crippen molar-refractivity contribution in [1.29, 1.82) is 0 Å². The largest absolute Gasteiger partial charge is 0.493 e. The molecule has 1 amide bonds. The normalized spacial score (nSPS) is 14.2. The van der Waals surface area contributed by atoms with Crippen molar-refractivity contribution in [3.8, 4) is 11.5 Å². The van der Waals surface area contributed by atoms with Crippen molar-refractivity contribution in [2.45, 2.75) is 0 Å². The van der Waals surface area contributed by atoms with Crippen LogP contribution in [0.2, 0.25) is 0 Å². The molecule has 1 aliphatic heterocycles. The lowest BCUT2D eigenvalue weighted by molar-refractivity contribution is 0.0413. The van der Waals surface area contributed by atoms with Crippen LogP contribution in [0.4, 0.5) is 4.79 Å². The average molecular weight is 367 g/mol. The molecule has 6 nitrogen and oxygen atoms in total. The van der Waals surface area contributed by atoms with Gasteiger partial charge in [-0.1, -0.05) is 42.5 Å². The van der Waals surface area contributed by atoms with Gasteiger partial charge in [0, 0.05) is 18.7 Å². The van der Waals surface area contributed by atoms with Gasteiger partial charge >= 0.3 is 6.09 Å². The van der Waals surface area contributed by atoms with Gasteiger partial charge in [0.1, 0.15) is 0 Å². The number of carbonyl (C=O) groups is 2. The van der Waals surface area contributed by atoms with Gasteiger partial charge in [0.25, 0.3) is 0 Å². The summed E-state index contributed by atoms with van der Waals surface area (Å²) < 4.78 is 16.0. The van der Waals surface area contributed by atoms with Gasteiger partial charge < -0.3 is 19.1 Å². The average Bonchev–Trinajstić information content (AvgIpc) is 2.74. The molecule has 0 unspecified atom stereocenters. The summed E-state index contributed by atoms with van der Waals surface area (Å²) in [7, 11) is 1.50. The van der Waals surface area contributed by atoms with E-state index in [1.807, 2.05) is 18.2 Å². The lowest BCUT2D eigenvalue weighted by atomic mass is 10.1. The number of hydrogen-bond acceptors (Lipinski definition) is 5. The van der Waals surface area contributed by atoms with Crippen molar-refractivity contribution < 1.29 is 23.8 Å². The highest BCUT2D eigenvalue weighted by atomic mass is 16.6. The van der Waals surface area contributed by atoms with E-state index in [0.717, 1.165) is 5.56 Å². The van der Waals surface area contributed by atoms with Gasteiger partial charge in [0.2, 0.25) is 0 Å². The van der Waals surface area contributed by atoms with Crippen LogP contribution in [0, 0.1) is 0 Å². The van der Waals surface area contributed by atoms with Crippen LogP contribution in [0.1, 0.15) is 15.9 Å². The highest BCUT2D eigenvalue weighted by Crippen LogP contribution is 2.29. The highest BCUT2D eigenvalue weighted by molar-refractivity contribution is 6.06. The molecule has 6 heteroatoms. The van der Waals surface area contributed by atoms with Crippen LogP contribution < -0.4 is 9.47 Å². The fourth-order valence-corrected chi connectivity index (χ4v) is 2.65. The molecule has 140 valence electrons. The predicted molar refractivity (Wildman–Crippen MR) is 101 cm³/mol. The van der Waals surface area contributed by atoms with Gasteiger partial charge in [-0.05, 0) is 23.8 Å². The van der Waals surface area contributed by atoms with E-state index >= 15 is 0 Å². The van der Waals surface area contributed by atoms with E-state index in [1.54, 1.807) is 41.3 Å². The van der Waals surface area contributed by atoms with Crippen LogP contribution in [0.25, 0.3) is 6.08 Å². The lowest BCUT2D eigenvalue weighted by Gasteiger charge is -2.26. The number of nitrogens with zero attached hydrogens (tertiary/aromatic N) is 1. The van der Waals surface area contributed by atoms with E-state index in [9.17, 15) is 9.59 Å². The Morgan fingerprint density at radius 2 is 1.78 bits per heavy atom. The predicted octanol–water partition coefficient (Wildman–Crippen LogP) is 3.42. The Morgan fingerprint density at radius 3 is 2.48 bits per heavy atom. The Balaban J connectivity index is 1.69. The standard InChI is InChI=1S/C21H21NO5/c1-25-20-15-16(7-9-18(23)17-5-3-2-4-6-17)8-10-19(20)27-21(24)22-11-13-26-14-12-22/h2-10,15H,11-14H2,1H3. The number of benzene rings is 2. The monoisotopic (exact) mass is 367 g/mol. The Labute approximate surface area is 158 Å². The number of rotatable bonds is 5. The summed E-state index contributed by atoms with van der Waals surface area (Å²) in [4.78, 5) is 26.0. The first-order valence-corrected chi connectivity index (χ1v) is 8.67. The fourth-order valence-electron chi connectivity index (χ4n) is 2.65. The molecule has 0 aromatic heterocycles. The van der Waals surface area contributed by atoms with Crippen molar-refractivity contribution in [2.24, 2.45) is 0 Å². The number of ether oxygens (including phenoxy) is 3. The minimum atomic E-state index is -0.431. The molecule has 27 heavy (non-hydrogen) atoms. The van der Waals surface area contributed by atoms with Crippen LogP contribution in [0.5, 0.6) is 11.5 Å². The number of ketones is 1. The molecule has 1 heterocycles. The number of amides is 1. The SMILES string of the molecule is COc1cc(C=CC(=O)c2ccccc2)ccc1OC(=O)N1CCOCC1. The molecule has 1 fully saturated rings. The molecule has 1 aliphatic rings. The quantitative estimate of drug-likeness (QED) is 0.598. The zero-order valence-electron chi connectivity index (χ0n) is 15.1. The third-order valence-corrected chi connectivity index (χ3v) is 4.14. The highest BCUT2D eigenvalue weighted by Gasteiger charge is 2.20. The van der Waals surface area contributed by atoms with Crippen LogP contribution in [-0.2, 0) is 4.74 Å². The number of methoxy groups -OCH3 is 1. The van der Waals surface area contributed by atoms with Crippen molar-refractivity contribution in [3.63, 3.8) is 0 Å². The molecule has 0 N–H and O–H groups in total. The fraction of sp³-hybridized carbons (Fsp3) is 0.238. The van der Waals surface area contributed by atoms with Crippen molar-refractivity contribution in [2.75, 3.05) is 33.4 Å². The second-order valence-electron chi connectivity index (χ2n) is 5.94. The molecule has 2 aromatic carbocycles. The molecule has 3 rings (SSSR count). The summed E-state index contributed by atoms with van der Waals surface area (Å²) in [5.41, 5.74) is 1.39. The number of morpholine rings is 1. The van der Waals surface area contributed by atoms with E-state index in [0.29, 0.717) is 43.4 Å². The van der Waals surface area contributed by atoms with Crippen LogP contribution in [0.3, 0.4) is 0 Å². The minimum Gasteiger partial charge on any atom is -0.493 e. The van der Waals surface area contributed by atoms with E-state index in [1.165, 1.54) is 13.2 Å². The van der Waals surface area contributed by atoms with Gasteiger partial charge in [-0.15, -0.1) is 0 Å². The van der Waals surface area contributed by atoms with Gasteiger partial charge in [-0.2, -0.15) is 0 Å². The van der Waals surface area contributed by atoms with Crippen molar-refractivity contribution >= 4 is 18.0 Å². The summed E-state index contributed by atoms with van der Waals surface area (Å²) in [6.07, 6.45) is 2.77. The Morgan fingerprint density at radius 1 is 1.04 bits per heavy atom. The molecule has 0 bridgehead atoms. The Kier molecular flexibility index (Phi) is 6.22. The lowest BCUT2D eigenvalue weighted by Crippen LogP contribution is -2.42. The summed E-state index contributed by atoms with van der Waals surface area (Å²) >= 11 is 0. The second-order valence-corrected chi connectivity index (χ2v) is 5.94. The van der Waals surface area contributed by atoms with E-state index in [-0.39, 0.29) is 5.78 Å². The molecule has 0 radical (unpaired) electrons. The molecule has 0 saturated carbocycles. The minimum absolute atomic E-state index is 0.0858. The maximum atomic E-state index is 12.2. The smallest absolute Gasteiger partial charge is 0.415 e. The van der Waals surface area contributed by atoms with Gasteiger partial charge in [0.15, 0.2) is 17.3 Å². The Hall–Kier alpha value is -3.12.